The van der Waals surface area contributed by atoms with E-state index in [1.807, 2.05) is 6.07 Å². The number of aliphatic carboxylic acids is 1. The molecule has 184 valence electrons. The van der Waals surface area contributed by atoms with E-state index in [0.29, 0.717) is 25.5 Å². The second-order valence-corrected chi connectivity index (χ2v) is 9.04. The van der Waals surface area contributed by atoms with Crippen LogP contribution in [0.4, 0.5) is 17.5 Å². The van der Waals surface area contributed by atoms with Crippen molar-refractivity contribution < 1.29 is 14.6 Å². The van der Waals surface area contributed by atoms with E-state index in [9.17, 15) is 9.90 Å². The summed E-state index contributed by atoms with van der Waals surface area (Å²) in [5.41, 5.74) is 2.49. The number of anilines is 3. The van der Waals surface area contributed by atoms with Crippen molar-refractivity contribution in [1.82, 2.24) is 15.0 Å². The molecule has 4 heterocycles. The standard InChI is InChI=1S/C25H36N6O3/c32-25(33)21(30-22-17-23(28-18-27-22)31-13-15-34-16-14-31)9-5-3-1-2-4-8-20-11-10-19-7-6-12-26-24(19)29-20/h10-11,17-18,21H,1-9,12-16H2,(H,26,29)(H,32,33)(H,27,28,30). The number of aromatic nitrogens is 3. The minimum Gasteiger partial charge on any atom is -0.480 e. The van der Waals surface area contributed by atoms with Gasteiger partial charge in [-0.1, -0.05) is 31.7 Å². The van der Waals surface area contributed by atoms with Gasteiger partial charge in [0.25, 0.3) is 0 Å². The van der Waals surface area contributed by atoms with Crippen molar-refractivity contribution in [3.05, 3.63) is 35.8 Å². The van der Waals surface area contributed by atoms with Crippen molar-refractivity contribution in [2.45, 2.75) is 63.8 Å². The molecule has 4 rings (SSSR count). The fraction of sp³-hybridized carbons (Fsp3) is 0.600. The van der Waals surface area contributed by atoms with Crippen LogP contribution in [-0.4, -0.2) is 64.9 Å². The summed E-state index contributed by atoms with van der Waals surface area (Å²) >= 11 is 0. The van der Waals surface area contributed by atoms with E-state index in [0.717, 1.165) is 81.9 Å². The third-order valence-corrected chi connectivity index (χ3v) is 6.49. The van der Waals surface area contributed by atoms with E-state index in [1.54, 1.807) is 0 Å². The van der Waals surface area contributed by atoms with Gasteiger partial charge in [-0.25, -0.2) is 19.7 Å². The monoisotopic (exact) mass is 468 g/mol. The Hall–Kier alpha value is -2.94. The second-order valence-electron chi connectivity index (χ2n) is 9.04. The Kier molecular flexibility index (Phi) is 8.90. The summed E-state index contributed by atoms with van der Waals surface area (Å²) in [7, 11) is 0. The van der Waals surface area contributed by atoms with Crippen LogP contribution in [0.25, 0.3) is 0 Å². The first-order chi connectivity index (χ1) is 16.7. The molecule has 0 saturated carbocycles. The quantitative estimate of drug-likeness (QED) is 0.403. The van der Waals surface area contributed by atoms with Gasteiger partial charge in [0.1, 0.15) is 29.8 Å². The molecule has 9 nitrogen and oxygen atoms in total. The number of rotatable bonds is 12. The Balaban J connectivity index is 1.15. The van der Waals surface area contributed by atoms with E-state index < -0.39 is 12.0 Å². The Labute approximate surface area is 201 Å². The molecule has 34 heavy (non-hydrogen) atoms. The molecule has 3 N–H and O–H groups in total. The topological polar surface area (TPSA) is 112 Å². The highest BCUT2D eigenvalue weighted by atomic mass is 16.5. The lowest BCUT2D eigenvalue weighted by Gasteiger charge is -2.28. The van der Waals surface area contributed by atoms with Crippen LogP contribution in [0.3, 0.4) is 0 Å². The van der Waals surface area contributed by atoms with Crippen LogP contribution < -0.4 is 15.5 Å². The SMILES string of the molecule is O=C(O)C(CCCCCCCc1ccc2c(n1)NCCC2)Nc1cc(N2CCOCC2)ncn1. The molecule has 1 unspecified atom stereocenters. The first kappa shape index (κ1) is 24.2. The van der Waals surface area contributed by atoms with E-state index in [-0.39, 0.29) is 0 Å². The summed E-state index contributed by atoms with van der Waals surface area (Å²) in [4.78, 5) is 27.2. The van der Waals surface area contributed by atoms with Crippen molar-refractivity contribution in [1.29, 1.82) is 0 Å². The van der Waals surface area contributed by atoms with Gasteiger partial charge in [-0.2, -0.15) is 0 Å². The fourth-order valence-corrected chi connectivity index (χ4v) is 4.52. The van der Waals surface area contributed by atoms with Gasteiger partial charge in [0.15, 0.2) is 0 Å². The molecule has 9 heteroatoms. The molecule has 1 atom stereocenters. The molecule has 2 aliphatic heterocycles. The summed E-state index contributed by atoms with van der Waals surface area (Å²) in [6.45, 7) is 3.91. The maximum atomic E-state index is 11.8. The van der Waals surface area contributed by atoms with E-state index in [4.69, 9.17) is 9.72 Å². The van der Waals surface area contributed by atoms with Crippen molar-refractivity contribution in [3.8, 4) is 0 Å². The molecule has 2 aromatic rings. The van der Waals surface area contributed by atoms with Crippen molar-refractivity contribution in [3.63, 3.8) is 0 Å². The number of hydrogen-bond donors (Lipinski definition) is 3. The van der Waals surface area contributed by atoms with Crippen LogP contribution >= 0.6 is 0 Å². The zero-order chi connectivity index (χ0) is 23.6. The van der Waals surface area contributed by atoms with E-state index in [1.165, 1.54) is 18.3 Å². The Morgan fingerprint density at radius 1 is 1.15 bits per heavy atom. The van der Waals surface area contributed by atoms with Gasteiger partial charge < -0.3 is 25.4 Å². The van der Waals surface area contributed by atoms with Gasteiger partial charge >= 0.3 is 5.97 Å². The summed E-state index contributed by atoms with van der Waals surface area (Å²) in [6, 6.07) is 5.54. The van der Waals surface area contributed by atoms with Gasteiger partial charge in [0, 0.05) is 31.4 Å². The molecule has 0 radical (unpaired) electrons. The predicted molar refractivity (Wildman–Crippen MR) is 133 cm³/mol. The van der Waals surface area contributed by atoms with Crippen LogP contribution in [0.1, 0.15) is 56.2 Å². The summed E-state index contributed by atoms with van der Waals surface area (Å²) in [5.74, 6) is 1.57. The number of carboxylic acid groups (broad SMARTS) is 1. The van der Waals surface area contributed by atoms with Crippen molar-refractivity contribution in [2.24, 2.45) is 0 Å². The molecule has 1 fully saturated rings. The first-order valence-electron chi connectivity index (χ1n) is 12.6. The smallest absolute Gasteiger partial charge is 0.326 e. The van der Waals surface area contributed by atoms with Crippen LogP contribution in [0, 0.1) is 0 Å². The van der Waals surface area contributed by atoms with Gasteiger partial charge in [-0.05, 0) is 43.7 Å². The summed E-state index contributed by atoms with van der Waals surface area (Å²) in [6.07, 6.45) is 10.6. The average molecular weight is 469 g/mol. The maximum absolute atomic E-state index is 11.8. The normalized spacial score (nSPS) is 16.4. The summed E-state index contributed by atoms with van der Waals surface area (Å²) in [5, 5.41) is 16.1. The zero-order valence-corrected chi connectivity index (χ0v) is 19.8. The molecule has 1 saturated heterocycles. The minimum absolute atomic E-state index is 0.552. The molecule has 0 spiro atoms. The third-order valence-electron chi connectivity index (χ3n) is 6.49. The molecule has 2 aromatic heterocycles. The zero-order valence-electron chi connectivity index (χ0n) is 19.8. The minimum atomic E-state index is -0.848. The number of carbonyl (C=O) groups is 1. The second kappa shape index (κ2) is 12.5. The van der Waals surface area contributed by atoms with Crippen LogP contribution in [0.2, 0.25) is 0 Å². The number of morpholine rings is 1. The highest BCUT2D eigenvalue weighted by Crippen LogP contribution is 2.21. The van der Waals surface area contributed by atoms with E-state index >= 15 is 0 Å². The molecular weight excluding hydrogens is 432 g/mol. The third kappa shape index (κ3) is 7.03. The lowest BCUT2D eigenvalue weighted by atomic mass is 10.0. The summed E-state index contributed by atoms with van der Waals surface area (Å²) < 4.78 is 5.39. The lowest BCUT2D eigenvalue weighted by Crippen LogP contribution is -2.37. The molecule has 0 bridgehead atoms. The van der Waals surface area contributed by atoms with Gasteiger partial charge in [-0.3, -0.25) is 0 Å². The number of fused-ring (bicyclic) bond motifs is 1. The van der Waals surface area contributed by atoms with Gasteiger partial charge in [0.2, 0.25) is 0 Å². The Morgan fingerprint density at radius 3 is 2.82 bits per heavy atom. The van der Waals surface area contributed by atoms with Gasteiger partial charge in [-0.15, -0.1) is 0 Å². The number of aryl methyl sites for hydroxylation is 2. The number of nitrogens with one attached hydrogen (secondary N) is 2. The van der Waals surface area contributed by atoms with Crippen molar-refractivity contribution in [2.75, 3.05) is 48.4 Å². The van der Waals surface area contributed by atoms with Crippen LogP contribution in [-0.2, 0) is 22.4 Å². The number of ether oxygens (including phenoxy) is 1. The largest absolute Gasteiger partial charge is 0.480 e. The Bertz CT molecular complexity index is 935. The lowest BCUT2D eigenvalue weighted by molar-refractivity contribution is -0.138. The predicted octanol–water partition coefficient (Wildman–Crippen LogP) is 3.51. The highest BCUT2D eigenvalue weighted by Gasteiger charge is 2.19. The number of nitrogens with zero attached hydrogens (tertiary/aromatic N) is 4. The molecule has 2 aliphatic rings. The van der Waals surface area contributed by atoms with Crippen LogP contribution in [0.5, 0.6) is 0 Å². The number of pyridine rings is 1. The number of carboxylic acids is 1. The number of hydrogen-bond acceptors (Lipinski definition) is 8. The molecule has 0 aromatic carbocycles. The van der Waals surface area contributed by atoms with Crippen molar-refractivity contribution >= 4 is 23.4 Å². The van der Waals surface area contributed by atoms with Gasteiger partial charge in [0.05, 0.1) is 13.2 Å². The maximum Gasteiger partial charge on any atom is 0.326 e. The first-order valence-corrected chi connectivity index (χ1v) is 12.6. The number of unbranched alkanes of at least 4 members (excludes halogenated alkanes) is 4. The molecule has 0 aliphatic carbocycles. The van der Waals surface area contributed by atoms with Crippen LogP contribution in [0.15, 0.2) is 24.5 Å². The molecular formula is C25H36N6O3. The average Bonchev–Trinajstić information content (AvgIpc) is 2.88. The Morgan fingerprint density at radius 2 is 1.97 bits per heavy atom. The van der Waals surface area contributed by atoms with E-state index in [2.05, 4.69) is 37.6 Å². The fourth-order valence-electron chi connectivity index (χ4n) is 4.52. The highest BCUT2D eigenvalue weighted by molar-refractivity contribution is 5.77. The molecule has 0 amide bonds.